The van der Waals surface area contributed by atoms with Crippen molar-refractivity contribution >= 4 is 15.7 Å². The Kier molecular flexibility index (Phi) is 6.64. The van der Waals surface area contributed by atoms with E-state index in [9.17, 15) is 18.5 Å². The Balaban J connectivity index is 1.46. The van der Waals surface area contributed by atoms with E-state index in [-0.39, 0.29) is 17.5 Å². The van der Waals surface area contributed by atoms with Gasteiger partial charge in [0.05, 0.1) is 16.7 Å². The molecule has 1 saturated heterocycles. The van der Waals surface area contributed by atoms with E-state index in [1.165, 1.54) is 39.7 Å². The van der Waals surface area contributed by atoms with Crippen LogP contribution in [0.1, 0.15) is 22.7 Å². The van der Waals surface area contributed by atoms with Crippen molar-refractivity contribution in [1.29, 1.82) is 0 Å². The van der Waals surface area contributed by atoms with E-state index >= 15 is 0 Å². The molecule has 3 aromatic rings. The molecule has 0 aromatic heterocycles. The maximum absolute atomic E-state index is 13.0. The lowest BCUT2D eigenvalue weighted by atomic mass is 9.96. The van der Waals surface area contributed by atoms with Gasteiger partial charge in [-0.1, -0.05) is 72.8 Å². The number of sulfonamides is 1. The largest absolute Gasteiger partial charge is 0.290 e. The molecule has 1 aliphatic rings. The van der Waals surface area contributed by atoms with Crippen LogP contribution in [-0.2, 0) is 15.8 Å². The van der Waals surface area contributed by atoms with Gasteiger partial charge < -0.3 is 0 Å². The second-order valence-corrected chi connectivity index (χ2v) is 9.81. The van der Waals surface area contributed by atoms with E-state index in [4.69, 9.17) is 0 Å². The number of nitro groups is 1. The average Bonchev–Trinajstić information content (AvgIpc) is 2.81. The number of hydrogen-bond acceptors (Lipinski definition) is 5. The monoisotopic (exact) mass is 451 g/mol. The standard InChI is InChI=1S/C24H25N3O4S/c28-27(29)23-13-11-20(12-14-23)19-32(30,31)26-17-15-25(16-18-26)24(21-7-3-1-4-8-21)22-9-5-2-6-10-22/h1-14,24H,15-19H2. The molecule has 166 valence electrons. The smallest absolute Gasteiger partial charge is 0.269 e. The topological polar surface area (TPSA) is 83.8 Å². The van der Waals surface area contributed by atoms with E-state index in [0.29, 0.717) is 31.7 Å². The Morgan fingerprint density at radius 1 is 0.781 bits per heavy atom. The Morgan fingerprint density at radius 3 is 1.75 bits per heavy atom. The maximum Gasteiger partial charge on any atom is 0.269 e. The summed E-state index contributed by atoms with van der Waals surface area (Å²) in [7, 11) is -3.51. The third kappa shape index (κ3) is 5.04. The highest BCUT2D eigenvalue weighted by atomic mass is 32.2. The number of rotatable bonds is 7. The highest BCUT2D eigenvalue weighted by Crippen LogP contribution is 2.30. The van der Waals surface area contributed by atoms with Crippen LogP contribution in [0.3, 0.4) is 0 Å². The molecule has 32 heavy (non-hydrogen) atoms. The molecule has 1 aliphatic heterocycles. The van der Waals surface area contributed by atoms with Gasteiger partial charge >= 0.3 is 0 Å². The van der Waals surface area contributed by atoms with Crippen LogP contribution in [0.15, 0.2) is 84.9 Å². The molecule has 0 atom stereocenters. The summed E-state index contributed by atoms with van der Waals surface area (Å²) in [6.07, 6.45) is 0. The maximum atomic E-state index is 13.0. The fourth-order valence-electron chi connectivity index (χ4n) is 4.14. The molecule has 4 rings (SSSR count). The van der Waals surface area contributed by atoms with Crippen molar-refractivity contribution in [2.45, 2.75) is 11.8 Å². The van der Waals surface area contributed by atoms with E-state index in [2.05, 4.69) is 29.2 Å². The van der Waals surface area contributed by atoms with Crippen LogP contribution < -0.4 is 0 Å². The van der Waals surface area contributed by atoms with Gasteiger partial charge in [0, 0.05) is 38.3 Å². The van der Waals surface area contributed by atoms with Gasteiger partial charge in [-0.3, -0.25) is 15.0 Å². The molecule has 0 radical (unpaired) electrons. The van der Waals surface area contributed by atoms with Crippen LogP contribution in [0.4, 0.5) is 5.69 Å². The first-order valence-electron chi connectivity index (χ1n) is 10.5. The normalized spacial score (nSPS) is 15.7. The van der Waals surface area contributed by atoms with Crippen molar-refractivity contribution in [2.24, 2.45) is 0 Å². The molecule has 0 unspecified atom stereocenters. The minimum Gasteiger partial charge on any atom is -0.290 e. The summed E-state index contributed by atoms with van der Waals surface area (Å²) in [6, 6.07) is 26.3. The van der Waals surface area contributed by atoms with Crippen LogP contribution in [0.5, 0.6) is 0 Å². The number of non-ortho nitro benzene ring substituents is 1. The van der Waals surface area contributed by atoms with Crippen LogP contribution in [0, 0.1) is 10.1 Å². The lowest BCUT2D eigenvalue weighted by Crippen LogP contribution is -2.50. The number of hydrogen-bond donors (Lipinski definition) is 0. The van der Waals surface area contributed by atoms with Crippen molar-refractivity contribution in [3.63, 3.8) is 0 Å². The second-order valence-electron chi connectivity index (χ2n) is 7.84. The lowest BCUT2D eigenvalue weighted by Gasteiger charge is -2.39. The molecule has 3 aromatic carbocycles. The summed E-state index contributed by atoms with van der Waals surface area (Å²) in [5, 5.41) is 10.8. The summed E-state index contributed by atoms with van der Waals surface area (Å²) < 4.78 is 27.5. The van der Waals surface area contributed by atoms with Gasteiger partial charge in [0.15, 0.2) is 0 Å². The molecule has 7 nitrogen and oxygen atoms in total. The van der Waals surface area contributed by atoms with Gasteiger partial charge in [-0.05, 0) is 16.7 Å². The van der Waals surface area contributed by atoms with Crippen LogP contribution in [0.2, 0.25) is 0 Å². The molecule has 0 bridgehead atoms. The molecular formula is C24H25N3O4S. The first kappa shape index (κ1) is 22.1. The van der Waals surface area contributed by atoms with Gasteiger partial charge in [-0.25, -0.2) is 8.42 Å². The number of piperazine rings is 1. The summed E-state index contributed by atoms with van der Waals surface area (Å²) >= 11 is 0. The van der Waals surface area contributed by atoms with E-state index in [1.54, 1.807) is 0 Å². The van der Waals surface area contributed by atoms with E-state index in [0.717, 1.165) is 0 Å². The molecule has 0 N–H and O–H groups in total. The molecule has 0 aliphatic carbocycles. The fourth-order valence-corrected chi connectivity index (χ4v) is 5.66. The minimum absolute atomic E-state index is 0.0485. The molecule has 1 heterocycles. The first-order chi connectivity index (χ1) is 15.4. The SMILES string of the molecule is O=[N+]([O-])c1ccc(CS(=O)(=O)N2CCN(C(c3ccccc3)c3ccccc3)CC2)cc1. The van der Waals surface area contributed by atoms with Crippen molar-refractivity contribution in [3.05, 3.63) is 112 Å². The number of benzene rings is 3. The second kappa shape index (κ2) is 9.60. The first-order valence-corrected chi connectivity index (χ1v) is 12.1. The van der Waals surface area contributed by atoms with Crippen molar-refractivity contribution in [3.8, 4) is 0 Å². The van der Waals surface area contributed by atoms with Gasteiger partial charge in [-0.2, -0.15) is 4.31 Å². The minimum atomic E-state index is -3.51. The third-order valence-electron chi connectivity index (χ3n) is 5.76. The summed E-state index contributed by atoms with van der Waals surface area (Å²) in [6.45, 7) is 2.05. The van der Waals surface area contributed by atoms with Gasteiger partial charge in [0.2, 0.25) is 10.0 Å². The molecule has 8 heteroatoms. The Bertz CT molecular complexity index is 1110. The molecule has 1 fully saturated rings. The molecular weight excluding hydrogens is 426 g/mol. The van der Waals surface area contributed by atoms with Crippen molar-refractivity contribution in [1.82, 2.24) is 9.21 Å². The van der Waals surface area contributed by atoms with Gasteiger partial charge in [0.1, 0.15) is 0 Å². The third-order valence-corrected chi connectivity index (χ3v) is 7.61. The number of nitrogens with zero attached hydrogens (tertiary/aromatic N) is 3. The fraction of sp³-hybridized carbons (Fsp3) is 0.250. The average molecular weight is 452 g/mol. The van der Waals surface area contributed by atoms with E-state index in [1.807, 2.05) is 36.4 Å². The predicted molar refractivity (Wildman–Crippen MR) is 124 cm³/mol. The molecule has 0 spiro atoms. The summed E-state index contributed by atoms with van der Waals surface area (Å²) in [4.78, 5) is 12.6. The number of nitro benzene ring substituents is 1. The van der Waals surface area contributed by atoms with Gasteiger partial charge in [-0.15, -0.1) is 0 Å². The van der Waals surface area contributed by atoms with Crippen molar-refractivity contribution in [2.75, 3.05) is 26.2 Å². The highest BCUT2D eigenvalue weighted by Gasteiger charge is 2.31. The van der Waals surface area contributed by atoms with Gasteiger partial charge in [0.25, 0.3) is 5.69 Å². The van der Waals surface area contributed by atoms with Crippen LogP contribution >= 0.6 is 0 Å². The zero-order valence-electron chi connectivity index (χ0n) is 17.6. The molecule has 0 amide bonds. The predicted octanol–water partition coefficient (Wildman–Crippen LogP) is 3.83. The Labute approximate surface area is 188 Å². The highest BCUT2D eigenvalue weighted by molar-refractivity contribution is 7.88. The summed E-state index contributed by atoms with van der Waals surface area (Å²) in [5.41, 5.74) is 2.86. The lowest BCUT2D eigenvalue weighted by molar-refractivity contribution is -0.384. The Morgan fingerprint density at radius 2 is 1.28 bits per heavy atom. The van der Waals surface area contributed by atoms with E-state index < -0.39 is 14.9 Å². The zero-order chi connectivity index (χ0) is 22.6. The quantitative estimate of drug-likeness (QED) is 0.403. The van der Waals surface area contributed by atoms with Crippen molar-refractivity contribution < 1.29 is 13.3 Å². The summed E-state index contributed by atoms with van der Waals surface area (Å²) in [5.74, 6) is -0.161. The van der Waals surface area contributed by atoms with Crippen LogP contribution in [0.25, 0.3) is 0 Å². The van der Waals surface area contributed by atoms with Crippen LogP contribution in [-0.4, -0.2) is 48.7 Å². The molecule has 0 saturated carbocycles. The Hall–Kier alpha value is -3.07. The zero-order valence-corrected chi connectivity index (χ0v) is 18.4.